The highest BCUT2D eigenvalue weighted by molar-refractivity contribution is 9.10. The van der Waals surface area contributed by atoms with E-state index in [1.807, 2.05) is 25.1 Å². The Bertz CT molecular complexity index is 956. The van der Waals surface area contributed by atoms with Crippen LogP contribution in [0.3, 0.4) is 0 Å². The maximum absolute atomic E-state index is 13.8. The summed E-state index contributed by atoms with van der Waals surface area (Å²) in [6.45, 7) is 1.90. The zero-order valence-corrected chi connectivity index (χ0v) is 15.4. The fourth-order valence-corrected chi connectivity index (χ4v) is 2.92. The Morgan fingerprint density at radius 3 is 2.77 bits per heavy atom. The second kappa shape index (κ2) is 7.78. The van der Waals surface area contributed by atoms with Gasteiger partial charge >= 0.3 is 0 Å². The molecule has 0 aliphatic carbocycles. The summed E-state index contributed by atoms with van der Waals surface area (Å²) in [6, 6.07) is 8.80. The Hall–Kier alpha value is -2.54. The first-order chi connectivity index (χ1) is 12.4. The molecule has 0 spiro atoms. The third-order valence-corrected chi connectivity index (χ3v) is 4.27. The fraction of sp³-hybridized carbons (Fsp3) is 0.158. The van der Waals surface area contributed by atoms with Crippen molar-refractivity contribution in [2.75, 3.05) is 5.32 Å². The van der Waals surface area contributed by atoms with Crippen LogP contribution in [0.5, 0.6) is 0 Å². The molecule has 4 nitrogen and oxygen atoms in total. The van der Waals surface area contributed by atoms with E-state index in [9.17, 15) is 13.6 Å². The molecule has 0 aliphatic heterocycles. The van der Waals surface area contributed by atoms with Crippen LogP contribution in [0.1, 0.15) is 17.9 Å². The number of hydrogen-bond donors (Lipinski definition) is 1. The summed E-state index contributed by atoms with van der Waals surface area (Å²) in [5, 5.41) is 2.83. The number of halogens is 3. The van der Waals surface area contributed by atoms with Gasteiger partial charge in [0.15, 0.2) is 11.7 Å². The predicted octanol–water partition coefficient (Wildman–Crippen LogP) is 5.26. The van der Waals surface area contributed by atoms with Gasteiger partial charge in [0.2, 0.25) is 5.91 Å². The molecule has 7 heteroatoms. The van der Waals surface area contributed by atoms with Gasteiger partial charge in [-0.1, -0.05) is 15.9 Å². The van der Waals surface area contributed by atoms with E-state index in [0.29, 0.717) is 5.89 Å². The van der Waals surface area contributed by atoms with Gasteiger partial charge in [0.05, 0.1) is 11.8 Å². The standard InChI is InChI=1S/C19H15BrF2N2O2/c1-11-8-12(20)2-5-16(11)24-18(25)6-7-19-23-10-17(26-19)14-4-3-13(21)9-15(14)22/h2-5,8-10H,6-7H2,1H3,(H,24,25). The second-order valence-electron chi connectivity index (χ2n) is 5.75. The van der Waals surface area contributed by atoms with Crippen molar-refractivity contribution in [3.8, 4) is 11.3 Å². The second-order valence-corrected chi connectivity index (χ2v) is 6.67. The van der Waals surface area contributed by atoms with Gasteiger partial charge in [-0.15, -0.1) is 0 Å². The van der Waals surface area contributed by atoms with Crippen molar-refractivity contribution in [1.82, 2.24) is 4.98 Å². The number of anilines is 1. The maximum Gasteiger partial charge on any atom is 0.224 e. The smallest absolute Gasteiger partial charge is 0.224 e. The van der Waals surface area contributed by atoms with E-state index in [-0.39, 0.29) is 30.1 Å². The minimum atomic E-state index is -0.726. The summed E-state index contributed by atoms with van der Waals surface area (Å²) in [6.07, 6.45) is 1.80. The van der Waals surface area contributed by atoms with Gasteiger partial charge in [0.1, 0.15) is 11.6 Å². The Kier molecular flexibility index (Phi) is 5.46. The molecule has 0 radical (unpaired) electrons. The predicted molar refractivity (Wildman–Crippen MR) is 97.7 cm³/mol. The third kappa shape index (κ3) is 4.35. The summed E-state index contributed by atoms with van der Waals surface area (Å²) in [7, 11) is 0. The summed E-state index contributed by atoms with van der Waals surface area (Å²) < 4.78 is 33.2. The highest BCUT2D eigenvalue weighted by Crippen LogP contribution is 2.25. The molecule has 0 saturated carbocycles. The maximum atomic E-state index is 13.8. The minimum absolute atomic E-state index is 0.125. The van der Waals surface area contributed by atoms with Crippen molar-refractivity contribution >= 4 is 27.5 Å². The molecule has 26 heavy (non-hydrogen) atoms. The molecule has 3 rings (SSSR count). The first kappa shape index (κ1) is 18.3. The van der Waals surface area contributed by atoms with Crippen LogP contribution in [0, 0.1) is 18.6 Å². The average molecular weight is 421 g/mol. The van der Waals surface area contributed by atoms with E-state index in [0.717, 1.165) is 27.9 Å². The minimum Gasteiger partial charge on any atom is -0.441 e. The zero-order valence-electron chi connectivity index (χ0n) is 13.9. The van der Waals surface area contributed by atoms with Crippen molar-refractivity contribution in [3.63, 3.8) is 0 Å². The molecule has 1 amide bonds. The Labute approximate surface area is 157 Å². The summed E-state index contributed by atoms with van der Waals surface area (Å²) in [4.78, 5) is 16.1. The summed E-state index contributed by atoms with van der Waals surface area (Å²) >= 11 is 3.37. The zero-order chi connectivity index (χ0) is 18.7. The lowest BCUT2D eigenvalue weighted by atomic mass is 10.2. The highest BCUT2D eigenvalue weighted by Gasteiger charge is 2.13. The lowest BCUT2D eigenvalue weighted by Crippen LogP contribution is -2.13. The van der Waals surface area contributed by atoms with Crippen LogP contribution in [0.2, 0.25) is 0 Å². The molecule has 0 fully saturated rings. The molecule has 1 N–H and O–H groups in total. The van der Waals surface area contributed by atoms with Gasteiger partial charge in [-0.2, -0.15) is 0 Å². The van der Waals surface area contributed by atoms with Crippen LogP contribution in [-0.2, 0) is 11.2 Å². The number of amides is 1. The van der Waals surface area contributed by atoms with Gasteiger partial charge in [0.25, 0.3) is 0 Å². The van der Waals surface area contributed by atoms with Crippen LogP contribution in [0.4, 0.5) is 14.5 Å². The molecular weight excluding hydrogens is 406 g/mol. The van der Waals surface area contributed by atoms with Crippen LogP contribution >= 0.6 is 15.9 Å². The average Bonchev–Trinajstić information content (AvgIpc) is 3.04. The Morgan fingerprint density at radius 1 is 1.23 bits per heavy atom. The van der Waals surface area contributed by atoms with Gasteiger partial charge in [0, 0.05) is 29.1 Å². The van der Waals surface area contributed by atoms with Gasteiger partial charge in [-0.25, -0.2) is 13.8 Å². The normalized spacial score (nSPS) is 10.8. The highest BCUT2D eigenvalue weighted by atomic mass is 79.9. The van der Waals surface area contributed by atoms with Gasteiger partial charge in [-0.3, -0.25) is 4.79 Å². The Balaban J connectivity index is 1.61. The molecule has 0 saturated heterocycles. The Morgan fingerprint density at radius 2 is 2.04 bits per heavy atom. The number of carbonyl (C=O) groups is 1. The number of nitrogens with one attached hydrogen (secondary N) is 1. The van der Waals surface area contributed by atoms with Crippen LogP contribution < -0.4 is 5.32 Å². The fourth-order valence-electron chi connectivity index (χ4n) is 2.44. The number of oxazole rings is 1. The molecule has 0 unspecified atom stereocenters. The van der Waals surface area contributed by atoms with Crippen molar-refractivity contribution in [2.24, 2.45) is 0 Å². The van der Waals surface area contributed by atoms with Gasteiger partial charge in [-0.05, 0) is 42.8 Å². The van der Waals surface area contributed by atoms with E-state index >= 15 is 0 Å². The molecule has 3 aromatic rings. The number of aryl methyl sites for hydroxylation is 2. The topological polar surface area (TPSA) is 55.1 Å². The molecule has 1 aromatic heterocycles. The monoisotopic (exact) mass is 420 g/mol. The third-order valence-electron chi connectivity index (χ3n) is 3.78. The van der Waals surface area contributed by atoms with E-state index in [2.05, 4.69) is 26.2 Å². The SMILES string of the molecule is Cc1cc(Br)ccc1NC(=O)CCc1ncc(-c2ccc(F)cc2F)o1. The van der Waals surface area contributed by atoms with Crippen LogP contribution in [-0.4, -0.2) is 10.9 Å². The largest absolute Gasteiger partial charge is 0.441 e. The summed E-state index contributed by atoms with van der Waals surface area (Å²) in [5.41, 5.74) is 1.80. The molecular formula is C19H15BrF2N2O2. The quantitative estimate of drug-likeness (QED) is 0.612. The molecule has 0 aliphatic rings. The lowest BCUT2D eigenvalue weighted by Gasteiger charge is -2.08. The van der Waals surface area contributed by atoms with Crippen molar-refractivity contribution in [1.29, 1.82) is 0 Å². The van der Waals surface area contributed by atoms with Gasteiger partial charge < -0.3 is 9.73 Å². The molecule has 134 valence electrons. The van der Waals surface area contributed by atoms with Crippen molar-refractivity contribution < 1.29 is 18.0 Å². The molecule has 0 atom stereocenters. The van der Waals surface area contributed by atoms with E-state index < -0.39 is 11.6 Å². The first-order valence-electron chi connectivity index (χ1n) is 7.88. The van der Waals surface area contributed by atoms with Crippen molar-refractivity contribution in [3.05, 3.63) is 70.2 Å². The molecule has 2 aromatic carbocycles. The number of rotatable bonds is 5. The lowest BCUT2D eigenvalue weighted by molar-refractivity contribution is -0.116. The number of benzene rings is 2. The van der Waals surface area contributed by atoms with Crippen LogP contribution in [0.15, 0.2) is 51.5 Å². The number of hydrogen-bond acceptors (Lipinski definition) is 3. The number of nitrogens with zero attached hydrogens (tertiary/aromatic N) is 1. The number of aromatic nitrogens is 1. The van der Waals surface area contributed by atoms with Crippen LogP contribution in [0.25, 0.3) is 11.3 Å². The summed E-state index contributed by atoms with van der Waals surface area (Å²) in [5.74, 6) is -1.06. The first-order valence-corrected chi connectivity index (χ1v) is 8.68. The van der Waals surface area contributed by atoms with E-state index in [4.69, 9.17) is 4.42 Å². The van der Waals surface area contributed by atoms with E-state index in [1.165, 1.54) is 12.3 Å². The van der Waals surface area contributed by atoms with Crippen molar-refractivity contribution in [2.45, 2.75) is 19.8 Å². The molecule has 0 bridgehead atoms. The number of carbonyl (C=O) groups excluding carboxylic acids is 1. The van der Waals surface area contributed by atoms with E-state index in [1.54, 1.807) is 0 Å². The molecule has 1 heterocycles.